The van der Waals surface area contributed by atoms with Gasteiger partial charge in [0.15, 0.2) is 0 Å². The fraction of sp³-hybridized carbons (Fsp3) is 0.462. The number of nitrogens with zero attached hydrogens (tertiary/aromatic N) is 2. The van der Waals surface area contributed by atoms with Crippen LogP contribution >= 0.6 is 0 Å². The summed E-state index contributed by atoms with van der Waals surface area (Å²) in [6.45, 7) is 4.76. The molecule has 1 fully saturated rings. The second kappa shape index (κ2) is 7.00. The molecule has 8 heteroatoms. The Labute approximate surface area is 122 Å². The zero-order chi connectivity index (χ0) is 15.2. The highest BCUT2D eigenvalue weighted by Crippen LogP contribution is 2.22. The number of hydrogen-bond acceptors (Lipinski definition) is 6. The standard InChI is InChI=1S/C13H18N4O4/c1-2-14-10-3-4-12(17(19)20)11(9-10)13(18)15-16-5-7-21-8-6-16/h3-4,9,14H,2,5-8H2,1H3,(H,15,18). The molecule has 1 aliphatic heterocycles. The van der Waals surface area contributed by atoms with Crippen LogP contribution in [0.5, 0.6) is 0 Å². The van der Waals surface area contributed by atoms with Gasteiger partial charge in [-0.15, -0.1) is 0 Å². The SMILES string of the molecule is CCNc1ccc([N+](=O)[O-])c(C(=O)NN2CCOCC2)c1. The minimum absolute atomic E-state index is 0.0462. The van der Waals surface area contributed by atoms with Gasteiger partial charge >= 0.3 is 0 Å². The number of nitrogens with one attached hydrogen (secondary N) is 2. The van der Waals surface area contributed by atoms with Crippen molar-refractivity contribution in [2.45, 2.75) is 6.92 Å². The Morgan fingerprint density at radius 3 is 2.76 bits per heavy atom. The van der Waals surface area contributed by atoms with Crippen LogP contribution in [-0.2, 0) is 4.74 Å². The first-order chi connectivity index (χ1) is 10.1. The van der Waals surface area contributed by atoms with Gasteiger partial charge in [-0.2, -0.15) is 0 Å². The van der Waals surface area contributed by atoms with E-state index >= 15 is 0 Å². The summed E-state index contributed by atoms with van der Waals surface area (Å²) in [6, 6.07) is 4.43. The lowest BCUT2D eigenvalue weighted by Gasteiger charge is -2.26. The number of nitro groups is 1. The minimum atomic E-state index is -0.552. The van der Waals surface area contributed by atoms with E-state index in [0.29, 0.717) is 38.5 Å². The maximum atomic E-state index is 12.3. The van der Waals surface area contributed by atoms with Gasteiger partial charge in [-0.1, -0.05) is 0 Å². The first-order valence-electron chi connectivity index (χ1n) is 6.77. The predicted octanol–water partition coefficient (Wildman–Crippen LogP) is 1.00. The first kappa shape index (κ1) is 15.2. The molecule has 0 radical (unpaired) electrons. The highest BCUT2D eigenvalue weighted by atomic mass is 16.6. The number of ether oxygens (including phenoxy) is 1. The van der Waals surface area contributed by atoms with E-state index in [2.05, 4.69) is 10.7 Å². The number of benzene rings is 1. The van der Waals surface area contributed by atoms with Crippen molar-refractivity contribution in [2.24, 2.45) is 0 Å². The molecule has 1 aliphatic rings. The Kier molecular flexibility index (Phi) is 5.07. The van der Waals surface area contributed by atoms with Gasteiger partial charge in [-0.3, -0.25) is 20.3 Å². The van der Waals surface area contributed by atoms with E-state index in [1.807, 2.05) is 6.92 Å². The van der Waals surface area contributed by atoms with Crippen molar-refractivity contribution in [1.82, 2.24) is 10.4 Å². The van der Waals surface area contributed by atoms with Crippen molar-refractivity contribution in [3.63, 3.8) is 0 Å². The number of rotatable bonds is 5. The molecular weight excluding hydrogens is 276 g/mol. The molecule has 0 unspecified atom stereocenters. The Balaban J connectivity index is 2.19. The van der Waals surface area contributed by atoms with Gasteiger partial charge < -0.3 is 10.1 Å². The fourth-order valence-electron chi connectivity index (χ4n) is 2.07. The molecule has 2 rings (SSSR count). The Morgan fingerprint density at radius 1 is 1.43 bits per heavy atom. The number of hydrazine groups is 1. The maximum Gasteiger partial charge on any atom is 0.282 e. The molecule has 0 aliphatic carbocycles. The topological polar surface area (TPSA) is 96.7 Å². The summed E-state index contributed by atoms with van der Waals surface area (Å²) in [5, 5.41) is 15.8. The van der Waals surface area contributed by atoms with Crippen LogP contribution in [0, 0.1) is 10.1 Å². The van der Waals surface area contributed by atoms with E-state index in [0.717, 1.165) is 0 Å². The molecule has 8 nitrogen and oxygen atoms in total. The largest absolute Gasteiger partial charge is 0.385 e. The second-order valence-electron chi connectivity index (χ2n) is 4.56. The molecule has 0 bridgehead atoms. The number of anilines is 1. The van der Waals surface area contributed by atoms with Gasteiger partial charge in [0.1, 0.15) is 5.56 Å². The van der Waals surface area contributed by atoms with E-state index in [-0.39, 0.29) is 11.3 Å². The third kappa shape index (κ3) is 3.89. The molecule has 21 heavy (non-hydrogen) atoms. The van der Waals surface area contributed by atoms with Crippen molar-refractivity contribution in [3.8, 4) is 0 Å². The number of carbonyl (C=O) groups is 1. The number of amides is 1. The van der Waals surface area contributed by atoms with E-state index in [1.165, 1.54) is 12.1 Å². The zero-order valence-electron chi connectivity index (χ0n) is 11.8. The molecule has 2 N–H and O–H groups in total. The van der Waals surface area contributed by atoms with Gasteiger partial charge in [0.25, 0.3) is 11.6 Å². The fourth-order valence-corrected chi connectivity index (χ4v) is 2.07. The second-order valence-corrected chi connectivity index (χ2v) is 4.56. The van der Waals surface area contributed by atoms with Crippen LogP contribution in [0.3, 0.4) is 0 Å². The van der Waals surface area contributed by atoms with Crippen LogP contribution < -0.4 is 10.7 Å². The quantitative estimate of drug-likeness (QED) is 0.621. The highest BCUT2D eigenvalue weighted by Gasteiger charge is 2.23. The predicted molar refractivity (Wildman–Crippen MR) is 77.1 cm³/mol. The van der Waals surface area contributed by atoms with Gasteiger partial charge in [0.05, 0.1) is 18.1 Å². The van der Waals surface area contributed by atoms with Crippen molar-refractivity contribution in [3.05, 3.63) is 33.9 Å². The number of carbonyl (C=O) groups excluding carboxylic acids is 1. The molecule has 1 aromatic rings. The van der Waals surface area contributed by atoms with Crippen LogP contribution in [0.1, 0.15) is 17.3 Å². The van der Waals surface area contributed by atoms with Crippen LogP contribution in [0.25, 0.3) is 0 Å². The van der Waals surface area contributed by atoms with E-state index in [9.17, 15) is 14.9 Å². The van der Waals surface area contributed by atoms with Crippen molar-refractivity contribution < 1.29 is 14.5 Å². The first-order valence-corrected chi connectivity index (χ1v) is 6.77. The van der Waals surface area contributed by atoms with Crippen LogP contribution in [0.15, 0.2) is 18.2 Å². The summed E-state index contributed by atoms with van der Waals surface area (Å²) in [4.78, 5) is 22.8. The summed E-state index contributed by atoms with van der Waals surface area (Å²) < 4.78 is 5.19. The van der Waals surface area contributed by atoms with Gasteiger partial charge in [0.2, 0.25) is 0 Å². The normalized spacial score (nSPS) is 15.5. The highest BCUT2D eigenvalue weighted by molar-refractivity contribution is 5.98. The summed E-state index contributed by atoms with van der Waals surface area (Å²) in [6.07, 6.45) is 0. The Hall–Kier alpha value is -2.19. The molecule has 0 aromatic heterocycles. The molecular formula is C13H18N4O4. The van der Waals surface area contributed by atoms with Crippen molar-refractivity contribution in [1.29, 1.82) is 0 Å². The third-order valence-electron chi connectivity index (χ3n) is 3.09. The smallest absolute Gasteiger partial charge is 0.282 e. The molecule has 0 saturated carbocycles. The summed E-state index contributed by atoms with van der Waals surface area (Å²) in [7, 11) is 0. The lowest BCUT2D eigenvalue weighted by Crippen LogP contribution is -2.48. The summed E-state index contributed by atoms with van der Waals surface area (Å²) >= 11 is 0. The molecule has 0 spiro atoms. The van der Waals surface area contributed by atoms with Crippen LogP contribution in [0.4, 0.5) is 11.4 Å². The third-order valence-corrected chi connectivity index (χ3v) is 3.09. The Bertz CT molecular complexity index is 529. The maximum absolute atomic E-state index is 12.3. The van der Waals surface area contributed by atoms with Gasteiger partial charge in [-0.05, 0) is 19.1 Å². The lowest BCUT2D eigenvalue weighted by molar-refractivity contribution is -0.385. The summed E-state index contributed by atoms with van der Waals surface area (Å²) in [5.74, 6) is -0.483. The van der Waals surface area contributed by atoms with Crippen LogP contribution in [0.2, 0.25) is 0 Å². The number of morpholine rings is 1. The number of nitro benzene ring substituents is 1. The number of hydrogen-bond donors (Lipinski definition) is 2. The van der Waals surface area contributed by atoms with E-state index in [4.69, 9.17) is 4.74 Å². The average molecular weight is 294 g/mol. The van der Waals surface area contributed by atoms with E-state index < -0.39 is 10.8 Å². The van der Waals surface area contributed by atoms with Crippen LogP contribution in [-0.4, -0.2) is 48.7 Å². The van der Waals surface area contributed by atoms with Gasteiger partial charge in [-0.25, -0.2) is 5.01 Å². The molecule has 1 aromatic carbocycles. The zero-order valence-corrected chi connectivity index (χ0v) is 11.8. The average Bonchev–Trinajstić information content (AvgIpc) is 2.48. The molecule has 1 amide bonds. The monoisotopic (exact) mass is 294 g/mol. The molecule has 0 atom stereocenters. The lowest BCUT2D eigenvalue weighted by atomic mass is 10.1. The molecule has 1 saturated heterocycles. The minimum Gasteiger partial charge on any atom is -0.385 e. The Morgan fingerprint density at radius 2 is 2.14 bits per heavy atom. The van der Waals surface area contributed by atoms with Crippen molar-refractivity contribution in [2.75, 3.05) is 38.2 Å². The van der Waals surface area contributed by atoms with Crippen molar-refractivity contribution >= 4 is 17.3 Å². The molecule has 114 valence electrons. The summed E-state index contributed by atoms with van der Waals surface area (Å²) in [5.41, 5.74) is 3.20. The van der Waals surface area contributed by atoms with Gasteiger partial charge in [0, 0.05) is 31.4 Å². The van der Waals surface area contributed by atoms with E-state index in [1.54, 1.807) is 11.1 Å². The molecule has 1 heterocycles.